The van der Waals surface area contributed by atoms with Crippen molar-refractivity contribution >= 4 is 17.0 Å². The lowest BCUT2D eigenvalue weighted by Crippen LogP contribution is -2.39. The summed E-state index contributed by atoms with van der Waals surface area (Å²) in [5.74, 6) is 0.507. The summed E-state index contributed by atoms with van der Waals surface area (Å²) in [7, 11) is 0. The van der Waals surface area contributed by atoms with Crippen LogP contribution in [0, 0.1) is 11.3 Å². The summed E-state index contributed by atoms with van der Waals surface area (Å²) < 4.78 is 1.99. The third-order valence-corrected chi connectivity index (χ3v) is 3.82. The van der Waals surface area contributed by atoms with Gasteiger partial charge in [0.1, 0.15) is 0 Å². The topological polar surface area (TPSA) is 70.9 Å². The van der Waals surface area contributed by atoms with Crippen LogP contribution in [-0.2, 0) is 6.54 Å². The zero-order valence-electron chi connectivity index (χ0n) is 13.2. The number of rotatable bonds is 5. The highest BCUT2D eigenvalue weighted by Crippen LogP contribution is 2.19. The second-order valence-electron chi connectivity index (χ2n) is 5.86. The Morgan fingerprint density at radius 3 is 2.52 bits per heavy atom. The molecule has 0 amide bonds. The number of benzene rings is 1. The fraction of sp³-hybridized carbons (Fsp3) is 0.500. The summed E-state index contributed by atoms with van der Waals surface area (Å²) in [6, 6.07) is 8.61. The van der Waals surface area contributed by atoms with Crippen molar-refractivity contribution in [3.63, 3.8) is 0 Å². The maximum Gasteiger partial charge on any atom is 0.201 e. The van der Waals surface area contributed by atoms with E-state index in [9.17, 15) is 0 Å². The van der Waals surface area contributed by atoms with E-state index in [1.165, 1.54) is 0 Å². The fourth-order valence-electron chi connectivity index (χ4n) is 2.77. The number of hydrogen-bond donors (Lipinski definition) is 1. The van der Waals surface area contributed by atoms with Crippen molar-refractivity contribution in [2.45, 2.75) is 46.3 Å². The van der Waals surface area contributed by atoms with Crippen LogP contribution in [0.15, 0.2) is 18.2 Å². The SMILES string of the molecule is CC(C)N(CCn1c(N)nc2ccc(C#N)cc21)C(C)C. The number of nitrogen functional groups attached to an aromatic ring is 1. The molecular formula is C16H23N5. The Hall–Kier alpha value is -2.06. The van der Waals surface area contributed by atoms with E-state index in [-0.39, 0.29) is 0 Å². The predicted octanol–water partition coefficient (Wildman–Crippen LogP) is 2.61. The molecule has 1 aromatic carbocycles. The molecule has 0 saturated heterocycles. The number of nitrogens with two attached hydrogens (primary N) is 1. The van der Waals surface area contributed by atoms with Crippen molar-refractivity contribution in [1.82, 2.24) is 14.5 Å². The Balaban J connectivity index is 2.29. The Morgan fingerprint density at radius 2 is 1.95 bits per heavy atom. The normalized spacial score (nSPS) is 11.7. The van der Waals surface area contributed by atoms with Gasteiger partial charge in [0, 0.05) is 25.2 Å². The van der Waals surface area contributed by atoms with Gasteiger partial charge in [0.2, 0.25) is 5.95 Å². The monoisotopic (exact) mass is 285 g/mol. The molecule has 0 radical (unpaired) electrons. The van der Waals surface area contributed by atoms with Crippen LogP contribution in [0.2, 0.25) is 0 Å². The first-order valence-corrected chi connectivity index (χ1v) is 7.35. The van der Waals surface area contributed by atoms with Gasteiger partial charge in [-0.25, -0.2) is 4.98 Å². The first-order valence-electron chi connectivity index (χ1n) is 7.35. The van der Waals surface area contributed by atoms with Crippen LogP contribution >= 0.6 is 0 Å². The molecule has 0 aliphatic heterocycles. The van der Waals surface area contributed by atoms with Gasteiger partial charge < -0.3 is 10.3 Å². The molecule has 5 nitrogen and oxygen atoms in total. The molecule has 0 unspecified atom stereocenters. The van der Waals surface area contributed by atoms with Gasteiger partial charge >= 0.3 is 0 Å². The van der Waals surface area contributed by atoms with Crippen LogP contribution in [0.25, 0.3) is 11.0 Å². The molecule has 1 aromatic heterocycles. The summed E-state index contributed by atoms with van der Waals surface area (Å²) in [5.41, 5.74) is 8.44. The van der Waals surface area contributed by atoms with Gasteiger partial charge in [0.25, 0.3) is 0 Å². The molecule has 0 aliphatic carbocycles. The van der Waals surface area contributed by atoms with E-state index in [2.05, 4.69) is 43.6 Å². The Morgan fingerprint density at radius 1 is 1.29 bits per heavy atom. The molecule has 0 aliphatic rings. The lowest BCUT2D eigenvalue weighted by Gasteiger charge is -2.30. The molecule has 0 saturated carbocycles. The minimum absolute atomic E-state index is 0.482. The molecule has 2 aromatic rings. The van der Waals surface area contributed by atoms with Crippen molar-refractivity contribution < 1.29 is 0 Å². The number of imidazole rings is 1. The van der Waals surface area contributed by atoms with E-state index in [1.807, 2.05) is 16.7 Å². The third-order valence-electron chi connectivity index (χ3n) is 3.82. The van der Waals surface area contributed by atoms with Crippen molar-refractivity contribution in [3.8, 4) is 6.07 Å². The minimum Gasteiger partial charge on any atom is -0.369 e. The van der Waals surface area contributed by atoms with Gasteiger partial charge in [0.15, 0.2) is 0 Å². The highest BCUT2D eigenvalue weighted by molar-refractivity contribution is 5.79. The van der Waals surface area contributed by atoms with Crippen LogP contribution in [0.4, 0.5) is 5.95 Å². The van der Waals surface area contributed by atoms with Gasteiger partial charge in [-0.05, 0) is 45.9 Å². The fourth-order valence-corrected chi connectivity index (χ4v) is 2.77. The standard InChI is InChI=1S/C16H23N5/c1-11(2)20(12(3)4)7-8-21-15-9-13(10-17)5-6-14(15)19-16(21)18/h5-6,9,11-12H,7-8H2,1-4H3,(H2,18,19). The molecule has 2 N–H and O–H groups in total. The van der Waals surface area contributed by atoms with Crippen LogP contribution in [0.5, 0.6) is 0 Å². The number of anilines is 1. The Bertz CT molecular complexity index is 655. The zero-order valence-corrected chi connectivity index (χ0v) is 13.2. The molecule has 0 atom stereocenters. The predicted molar refractivity (Wildman–Crippen MR) is 85.8 cm³/mol. The van der Waals surface area contributed by atoms with Gasteiger partial charge in [-0.2, -0.15) is 5.26 Å². The number of nitriles is 1. The van der Waals surface area contributed by atoms with Crippen LogP contribution in [0.1, 0.15) is 33.3 Å². The highest BCUT2D eigenvalue weighted by Gasteiger charge is 2.15. The molecule has 0 bridgehead atoms. The average Bonchev–Trinajstić information content (AvgIpc) is 2.73. The van der Waals surface area contributed by atoms with E-state index in [0.29, 0.717) is 23.6 Å². The maximum absolute atomic E-state index is 9.04. The smallest absolute Gasteiger partial charge is 0.201 e. The Labute approximate surface area is 126 Å². The van der Waals surface area contributed by atoms with Crippen molar-refractivity contribution in [1.29, 1.82) is 5.26 Å². The van der Waals surface area contributed by atoms with E-state index in [4.69, 9.17) is 11.0 Å². The molecular weight excluding hydrogens is 262 g/mol. The minimum atomic E-state index is 0.482. The van der Waals surface area contributed by atoms with Gasteiger partial charge in [-0.3, -0.25) is 4.90 Å². The lowest BCUT2D eigenvalue weighted by molar-refractivity contribution is 0.169. The van der Waals surface area contributed by atoms with Crippen LogP contribution in [0.3, 0.4) is 0 Å². The van der Waals surface area contributed by atoms with Crippen LogP contribution in [-0.4, -0.2) is 33.1 Å². The van der Waals surface area contributed by atoms with E-state index in [0.717, 1.165) is 24.1 Å². The van der Waals surface area contributed by atoms with Gasteiger partial charge in [0.05, 0.1) is 22.7 Å². The van der Waals surface area contributed by atoms with E-state index < -0.39 is 0 Å². The molecule has 21 heavy (non-hydrogen) atoms. The van der Waals surface area contributed by atoms with Gasteiger partial charge in [-0.1, -0.05) is 0 Å². The summed E-state index contributed by atoms with van der Waals surface area (Å²) in [5, 5.41) is 9.04. The number of aromatic nitrogens is 2. The summed E-state index contributed by atoms with van der Waals surface area (Å²) >= 11 is 0. The first-order chi connectivity index (χ1) is 9.93. The first kappa shape index (κ1) is 15.3. The second kappa shape index (κ2) is 6.15. The third kappa shape index (κ3) is 3.17. The zero-order chi connectivity index (χ0) is 15.6. The summed E-state index contributed by atoms with van der Waals surface area (Å²) in [6.45, 7) is 10.5. The molecule has 112 valence electrons. The summed E-state index contributed by atoms with van der Waals surface area (Å²) in [4.78, 5) is 6.79. The van der Waals surface area contributed by atoms with Crippen molar-refractivity contribution in [3.05, 3.63) is 23.8 Å². The van der Waals surface area contributed by atoms with Crippen molar-refractivity contribution in [2.24, 2.45) is 0 Å². The molecule has 5 heteroatoms. The molecule has 1 heterocycles. The van der Waals surface area contributed by atoms with E-state index >= 15 is 0 Å². The van der Waals surface area contributed by atoms with Crippen LogP contribution < -0.4 is 5.73 Å². The largest absolute Gasteiger partial charge is 0.369 e. The average molecular weight is 285 g/mol. The summed E-state index contributed by atoms with van der Waals surface area (Å²) in [6.07, 6.45) is 0. The highest BCUT2D eigenvalue weighted by atomic mass is 15.2. The van der Waals surface area contributed by atoms with Crippen molar-refractivity contribution in [2.75, 3.05) is 12.3 Å². The number of fused-ring (bicyclic) bond motifs is 1. The number of hydrogen-bond acceptors (Lipinski definition) is 4. The quantitative estimate of drug-likeness (QED) is 0.916. The lowest BCUT2D eigenvalue weighted by atomic mass is 10.2. The number of nitrogens with zero attached hydrogens (tertiary/aromatic N) is 4. The molecule has 0 spiro atoms. The maximum atomic E-state index is 9.04. The van der Waals surface area contributed by atoms with E-state index in [1.54, 1.807) is 6.07 Å². The van der Waals surface area contributed by atoms with Gasteiger partial charge in [-0.15, -0.1) is 0 Å². The molecule has 2 rings (SSSR count). The molecule has 0 fully saturated rings. The Kier molecular flexibility index (Phi) is 4.49. The second-order valence-corrected chi connectivity index (χ2v) is 5.86.